The largest absolute Gasteiger partial charge is 0.489 e. The van der Waals surface area contributed by atoms with Gasteiger partial charge < -0.3 is 21.1 Å². The van der Waals surface area contributed by atoms with Crippen LogP contribution in [-0.2, 0) is 9.59 Å². The Balaban J connectivity index is 2.29. The summed E-state index contributed by atoms with van der Waals surface area (Å²) in [5, 5.41) is 5.11. The van der Waals surface area contributed by atoms with Crippen molar-refractivity contribution in [3.8, 4) is 5.75 Å². The lowest BCUT2D eigenvalue weighted by atomic mass is 10.1. The molecule has 0 aliphatic heterocycles. The summed E-state index contributed by atoms with van der Waals surface area (Å²) in [6.07, 6.45) is -0.339. The molecule has 0 aromatic heterocycles. The molecule has 0 aliphatic rings. The maximum atomic E-state index is 13.0. The predicted octanol–water partition coefficient (Wildman–Crippen LogP) is 0.809. The molecule has 0 saturated heterocycles. The van der Waals surface area contributed by atoms with E-state index in [4.69, 9.17) is 10.5 Å². The Hall–Kier alpha value is -2.15. The highest BCUT2D eigenvalue weighted by molar-refractivity contribution is 5.87. The molecular weight excluding hydrogens is 301 g/mol. The average molecular weight is 325 g/mol. The molecule has 0 saturated carbocycles. The molecule has 1 rings (SSSR count). The number of carbonyl (C=O) groups is 2. The third-order valence-electron chi connectivity index (χ3n) is 3.16. The molecule has 0 heterocycles. The number of nitrogens with two attached hydrogens (primary N) is 1. The Morgan fingerprint density at radius 1 is 1.26 bits per heavy atom. The number of hydrogen-bond acceptors (Lipinski definition) is 4. The monoisotopic (exact) mass is 325 g/mol. The molecule has 23 heavy (non-hydrogen) atoms. The lowest BCUT2D eigenvalue weighted by Gasteiger charge is -2.17. The standard InChI is InChI=1S/C16H24FN3O3/c1-10(2)15(18)16(22)20-9-14(21)19-8-11(3)23-13-6-4-5-12(17)7-13/h4-7,10-11,15H,8-9,18H2,1-3H3,(H,19,21)(H,20,22)/t11?,15-/m0/s1. The van der Waals surface area contributed by atoms with Crippen molar-refractivity contribution in [2.75, 3.05) is 13.1 Å². The third kappa shape index (κ3) is 7.10. The molecule has 2 atom stereocenters. The Labute approximate surface area is 135 Å². The van der Waals surface area contributed by atoms with E-state index in [-0.39, 0.29) is 42.7 Å². The molecule has 1 aromatic carbocycles. The van der Waals surface area contributed by atoms with Crippen molar-refractivity contribution in [1.82, 2.24) is 10.6 Å². The van der Waals surface area contributed by atoms with Gasteiger partial charge in [0.25, 0.3) is 0 Å². The van der Waals surface area contributed by atoms with Crippen molar-refractivity contribution in [2.24, 2.45) is 11.7 Å². The maximum Gasteiger partial charge on any atom is 0.239 e. The average Bonchev–Trinajstić information content (AvgIpc) is 2.49. The van der Waals surface area contributed by atoms with Gasteiger partial charge in [0.1, 0.15) is 17.7 Å². The van der Waals surface area contributed by atoms with Crippen LogP contribution in [0.15, 0.2) is 24.3 Å². The molecular formula is C16H24FN3O3. The minimum Gasteiger partial charge on any atom is -0.489 e. The zero-order valence-electron chi connectivity index (χ0n) is 13.6. The van der Waals surface area contributed by atoms with E-state index in [0.29, 0.717) is 5.75 Å². The van der Waals surface area contributed by atoms with Gasteiger partial charge in [0.15, 0.2) is 0 Å². The fourth-order valence-electron chi connectivity index (χ4n) is 1.72. The van der Waals surface area contributed by atoms with Gasteiger partial charge in [-0.3, -0.25) is 9.59 Å². The first kappa shape index (κ1) is 18.9. The smallest absolute Gasteiger partial charge is 0.239 e. The molecule has 6 nitrogen and oxygen atoms in total. The fourth-order valence-corrected chi connectivity index (χ4v) is 1.72. The summed E-state index contributed by atoms with van der Waals surface area (Å²) in [5.74, 6) is -0.702. The number of carbonyl (C=O) groups excluding carboxylic acids is 2. The van der Waals surface area contributed by atoms with Gasteiger partial charge in [0, 0.05) is 6.07 Å². The lowest BCUT2D eigenvalue weighted by molar-refractivity contribution is -0.127. The first-order valence-electron chi connectivity index (χ1n) is 7.51. The number of nitrogens with one attached hydrogen (secondary N) is 2. The van der Waals surface area contributed by atoms with Crippen LogP contribution in [0.1, 0.15) is 20.8 Å². The Kier molecular flexibility index (Phi) is 7.47. The van der Waals surface area contributed by atoms with Crippen LogP contribution in [0.5, 0.6) is 5.75 Å². The van der Waals surface area contributed by atoms with Gasteiger partial charge in [-0.25, -0.2) is 4.39 Å². The predicted molar refractivity (Wildman–Crippen MR) is 85.3 cm³/mol. The van der Waals surface area contributed by atoms with E-state index in [2.05, 4.69) is 10.6 Å². The quantitative estimate of drug-likeness (QED) is 0.659. The summed E-state index contributed by atoms with van der Waals surface area (Å²) in [6.45, 7) is 5.50. The van der Waals surface area contributed by atoms with Crippen molar-refractivity contribution >= 4 is 11.8 Å². The number of benzene rings is 1. The van der Waals surface area contributed by atoms with E-state index < -0.39 is 6.04 Å². The van der Waals surface area contributed by atoms with Crippen LogP contribution in [0.3, 0.4) is 0 Å². The summed E-state index contributed by atoms with van der Waals surface area (Å²) >= 11 is 0. The number of rotatable bonds is 8. The van der Waals surface area contributed by atoms with Gasteiger partial charge in [-0.15, -0.1) is 0 Å². The zero-order valence-corrected chi connectivity index (χ0v) is 13.6. The second kappa shape index (κ2) is 9.09. The van der Waals surface area contributed by atoms with Gasteiger partial charge in [-0.1, -0.05) is 19.9 Å². The minimum atomic E-state index is -0.641. The second-order valence-corrected chi connectivity index (χ2v) is 5.68. The molecule has 0 spiro atoms. The number of ether oxygens (including phenoxy) is 1. The van der Waals surface area contributed by atoms with E-state index in [1.54, 1.807) is 19.1 Å². The van der Waals surface area contributed by atoms with Crippen LogP contribution >= 0.6 is 0 Å². The Bertz CT molecular complexity index is 537. The van der Waals surface area contributed by atoms with Crippen LogP contribution in [0.2, 0.25) is 0 Å². The molecule has 1 unspecified atom stereocenters. The van der Waals surface area contributed by atoms with E-state index >= 15 is 0 Å². The number of hydrogen-bond donors (Lipinski definition) is 3. The van der Waals surface area contributed by atoms with Crippen molar-refractivity contribution in [3.05, 3.63) is 30.1 Å². The maximum absolute atomic E-state index is 13.0. The fraction of sp³-hybridized carbons (Fsp3) is 0.500. The van der Waals surface area contributed by atoms with Gasteiger partial charge in [0.05, 0.1) is 19.1 Å². The van der Waals surface area contributed by atoms with Crippen LogP contribution < -0.4 is 21.1 Å². The van der Waals surface area contributed by atoms with Gasteiger partial charge >= 0.3 is 0 Å². The van der Waals surface area contributed by atoms with Crippen LogP contribution in [-0.4, -0.2) is 37.0 Å². The van der Waals surface area contributed by atoms with Crippen LogP contribution in [0.25, 0.3) is 0 Å². The Morgan fingerprint density at radius 3 is 2.57 bits per heavy atom. The highest BCUT2D eigenvalue weighted by Crippen LogP contribution is 2.13. The molecule has 7 heteroatoms. The Morgan fingerprint density at radius 2 is 1.96 bits per heavy atom. The first-order valence-corrected chi connectivity index (χ1v) is 7.51. The van der Waals surface area contributed by atoms with E-state index in [1.165, 1.54) is 12.1 Å². The van der Waals surface area contributed by atoms with Crippen molar-refractivity contribution in [1.29, 1.82) is 0 Å². The molecule has 0 aliphatic carbocycles. The summed E-state index contributed by atoms with van der Waals surface area (Å²) in [6, 6.07) is 5.13. The molecule has 2 amide bonds. The molecule has 0 radical (unpaired) electrons. The number of amides is 2. The topological polar surface area (TPSA) is 93.5 Å². The summed E-state index contributed by atoms with van der Waals surface area (Å²) < 4.78 is 18.5. The highest BCUT2D eigenvalue weighted by atomic mass is 19.1. The second-order valence-electron chi connectivity index (χ2n) is 5.68. The lowest BCUT2D eigenvalue weighted by Crippen LogP contribution is -2.47. The highest BCUT2D eigenvalue weighted by Gasteiger charge is 2.17. The SMILES string of the molecule is CC(CNC(=O)CNC(=O)[C@@H](N)C(C)C)Oc1cccc(F)c1. The normalized spacial score (nSPS) is 13.3. The molecule has 0 bridgehead atoms. The number of halogens is 1. The molecule has 1 aromatic rings. The van der Waals surface area contributed by atoms with Crippen molar-refractivity contribution < 1.29 is 18.7 Å². The molecule has 0 fully saturated rings. The molecule has 4 N–H and O–H groups in total. The zero-order chi connectivity index (χ0) is 17.4. The minimum absolute atomic E-state index is 0.00208. The van der Waals surface area contributed by atoms with Crippen molar-refractivity contribution in [2.45, 2.75) is 32.9 Å². The van der Waals surface area contributed by atoms with Gasteiger partial charge in [-0.2, -0.15) is 0 Å². The summed E-state index contributed by atoms with van der Waals surface area (Å²) in [7, 11) is 0. The van der Waals surface area contributed by atoms with E-state index in [1.807, 2.05) is 13.8 Å². The molecule has 128 valence electrons. The van der Waals surface area contributed by atoms with Gasteiger partial charge in [0.2, 0.25) is 11.8 Å². The van der Waals surface area contributed by atoms with Gasteiger partial charge in [-0.05, 0) is 25.0 Å². The van der Waals surface area contributed by atoms with E-state index in [0.717, 1.165) is 0 Å². The van der Waals surface area contributed by atoms with E-state index in [9.17, 15) is 14.0 Å². The summed E-state index contributed by atoms with van der Waals surface area (Å²) in [4.78, 5) is 23.3. The third-order valence-corrected chi connectivity index (χ3v) is 3.16. The summed E-state index contributed by atoms with van der Waals surface area (Å²) in [5.41, 5.74) is 5.67. The van der Waals surface area contributed by atoms with Crippen LogP contribution in [0.4, 0.5) is 4.39 Å². The van der Waals surface area contributed by atoms with Crippen LogP contribution in [0, 0.1) is 11.7 Å². The van der Waals surface area contributed by atoms with Crippen molar-refractivity contribution in [3.63, 3.8) is 0 Å². The first-order chi connectivity index (χ1) is 10.8.